The van der Waals surface area contributed by atoms with Gasteiger partial charge in [-0.05, 0) is 48.2 Å². The number of benzene rings is 2. The first-order valence-electron chi connectivity index (χ1n) is 5.24. The molecule has 2 rings (SSSR count). The van der Waals surface area contributed by atoms with Gasteiger partial charge in [-0.25, -0.2) is 0 Å². The lowest BCUT2D eigenvalue weighted by molar-refractivity contribution is 0.478. The number of aromatic hydroxyl groups is 1. The molecule has 16 heavy (non-hydrogen) atoms. The predicted molar refractivity (Wildman–Crippen MR) is 67.4 cm³/mol. The average molecular weight is 213 g/mol. The van der Waals surface area contributed by atoms with Crippen molar-refractivity contribution in [3.05, 3.63) is 47.5 Å². The van der Waals surface area contributed by atoms with Crippen LogP contribution < -0.4 is 5.73 Å². The van der Waals surface area contributed by atoms with Gasteiger partial charge < -0.3 is 10.8 Å². The maximum absolute atomic E-state index is 9.62. The predicted octanol–water partition coefficient (Wildman–Crippen LogP) is 3.26. The highest BCUT2D eigenvalue weighted by Crippen LogP contribution is 2.31. The van der Waals surface area contributed by atoms with Gasteiger partial charge in [0, 0.05) is 0 Å². The van der Waals surface area contributed by atoms with E-state index >= 15 is 0 Å². The monoisotopic (exact) mass is 213 g/mol. The summed E-state index contributed by atoms with van der Waals surface area (Å²) >= 11 is 0. The number of hydrogen-bond acceptors (Lipinski definition) is 2. The van der Waals surface area contributed by atoms with Crippen LogP contribution in [-0.4, -0.2) is 5.11 Å². The van der Waals surface area contributed by atoms with Gasteiger partial charge in [0.2, 0.25) is 0 Å². The summed E-state index contributed by atoms with van der Waals surface area (Å²) in [6, 6.07) is 11.5. The molecule has 2 aromatic rings. The summed E-state index contributed by atoms with van der Waals surface area (Å²) in [5.41, 5.74) is 10.6. The molecule has 2 heteroatoms. The molecule has 0 radical (unpaired) electrons. The van der Waals surface area contributed by atoms with Gasteiger partial charge >= 0.3 is 0 Å². The smallest absolute Gasteiger partial charge is 0.139 e. The zero-order valence-electron chi connectivity index (χ0n) is 9.49. The van der Waals surface area contributed by atoms with Crippen LogP contribution in [0, 0.1) is 13.8 Å². The van der Waals surface area contributed by atoms with Crippen LogP contribution in [0.4, 0.5) is 5.69 Å². The molecule has 0 aliphatic rings. The molecule has 82 valence electrons. The van der Waals surface area contributed by atoms with Gasteiger partial charge in [-0.1, -0.05) is 24.3 Å². The Morgan fingerprint density at radius 3 is 2.19 bits per heavy atom. The molecule has 0 aliphatic carbocycles. The van der Waals surface area contributed by atoms with Crippen LogP contribution in [-0.2, 0) is 0 Å². The number of anilines is 1. The molecular formula is C14H15NO. The first kappa shape index (κ1) is 10.6. The Kier molecular flexibility index (Phi) is 2.57. The van der Waals surface area contributed by atoms with Crippen molar-refractivity contribution in [3.63, 3.8) is 0 Å². The van der Waals surface area contributed by atoms with E-state index in [-0.39, 0.29) is 5.75 Å². The van der Waals surface area contributed by atoms with E-state index in [1.54, 1.807) is 12.1 Å². The second-order valence-electron chi connectivity index (χ2n) is 4.04. The summed E-state index contributed by atoms with van der Waals surface area (Å²) in [5, 5.41) is 9.62. The Hall–Kier alpha value is -1.96. The standard InChI is InChI=1S/C14H15NO/c1-9-4-3-5-10(2)14(9)11-6-7-12(15)13(16)8-11/h3-8,16H,15H2,1-2H3. The van der Waals surface area contributed by atoms with Crippen molar-refractivity contribution < 1.29 is 5.11 Å². The van der Waals surface area contributed by atoms with Crippen molar-refractivity contribution in [2.24, 2.45) is 0 Å². The summed E-state index contributed by atoms with van der Waals surface area (Å²) in [7, 11) is 0. The van der Waals surface area contributed by atoms with E-state index in [4.69, 9.17) is 5.73 Å². The Morgan fingerprint density at radius 1 is 1.00 bits per heavy atom. The molecule has 0 fully saturated rings. The molecular weight excluding hydrogens is 198 g/mol. The molecule has 2 aromatic carbocycles. The van der Waals surface area contributed by atoms with Gasteiger partial charge in [-0.15, -0.1) is 0 Å². The van der Waals surface area contributed by atoms with Gasteiger partial charge in [0.25, 0.3) is 0 Å². The Bertz CT molecular complexity index is 512. The number of phenols is 1. The zero-order chi connectivity index (χ0) is 11.7. The summed E-state index contributed by atoms with van der Waals surface area (Å²) in [6.07, 6.45) is 0. The average Bonchev–Trinajstić information content (AvgIpc) is 2.23. The van der Waals surface area contributed by atoms with Crippen molar-refractivity contribution in [1.82, 2.24) is 0 Å². The molecule has 0 bridgehead atoms. The molecule has 0 unspecified atom stereocenters. The fourth-order valence-corrected chi connectivity index (χ4v) is 1.97. The molecule has 0 saturated carbocycles. The van der Waals surface area contributed by atoms with Gasteiger partial charge in [0.1, 0.15) is 5.75 Å². The van der Waals surface area contributed by atoms with Crippen molar-refractivity contribution in [3.8, 4) is 16.9 Å². The Morgan fingerprint density at radius 2 is 1.62 bits per heavy atom. The highest BCUT2D eigenvalue weighted by molar-refractivity contribution is 5.74. The van der Waals surface area contributed by atoms with E-state index < -0.39 is 0 Å². The lowest BCUT2D eigenvalue weighted by atomic mass is 9.95. The minimum atomic E-state index is 0.139. The van der Waals surface area contributed by atoms with Crippen LogP contribution in [0.15, 0.2) is 36.4 Å². The molecule has 0 saturated heterocycles. The maximum Gasteiger partial charge on any atom is 0.139 e. The van der Waals surface area contributed by atoms with Gasteiger partial charge in [-0.2, -0.15) is 0 Å². The van der Waals surface area contributed by atoms with Crippen LogP contribution in [0.3, 0.4) is 0 Å². The molecule has 3 N–H and O–H groups in total. The highest BCUT2D eigenvalue weighted by Gasteiger charge is 2.06. The molecule has 0 aromatic heterocycles. The third kappa shape index (κ3) is 1.74. The van der Waals surface area contributed by atoms with Gasteiger partial charge in [0.05, 0.1) is 5.69 Å². The van der Waals surface area contributed by atoms with E-state index in [2.05, 4.69) is 26.0 Å². The van der Waals surface area contributed by atoms with Crippen molar-refractivity contribution >= 4 is 5.69 Å². The second kappa shape index (κ2) is 3.89. The summed E-state index contributed by atoms with van der Waals surface area (Å²) in [6.45, 7) is 4.13. The quantitative estimate of drug-likeness (QED) is 0.564. The molecule has 2 nitrogen and oxygen atoms in total. The molecule has 0 amide bonds. The summed E-state index contributed by atoms with van der Waals surface area (Å²) in [4.78, 5) is 0. The largest absolute Gasteiger partial charge is 0.506 e. The third-order valence-electron chi connectivity index (χ3n) is 2.80. The van der Waals surface area contributed by atoms with Crippen molar-refractivity contribution in [2.75, 3.05) is 5.73 Å². The first-order chi connectivity index (χ1) is 7.59. The summed E-state index contributed by atoms with van der Waals surface area (Å²) in [5.74, 6) is 0.139. The Labute approximate surface area is 95.4 Å². The topological polar surface area (TPSA) is 46.2 Å². The number of aryl methyl sites for hydroxylation is 2. The minimum Gasteiger partial charge on any atom is -0.506 e. The Balaban J connectivity index is 2.63. The normalized spacial score (nSPS) is 10.4. The van der Waals surface area contributed by atoms with Crippen LogP contribution in [0.1, 0.15) is 11.1 Å². The van der Waals surface area contributed by atoms with Crippen LogP contribution in [0.25, 0.3) is 11.1 Å². The van der Waals surface area contributed by atoms with Crippen LogP contribution in [0.2, 0.25) is 0 Å². The number of hydrogen-bond donors (Lipinski definition) is 2. The van der Waals surface area contributed by atoms with E-state index in [0.717, 1.165) is 11.1 Å². The number of nitrogen functional groups attached to an aromatic ring is 1. The number of rotatable bonds is 1. The van der Waals surface area contributed by atoms with Gasteiger partial charge in [0.15, 0.2) is 0 Å². The first-order valence-corrected chi connectivity index (χ1v) is 5.24. The molecule has 0 atom stereocenters. The van der Waals surface area contributed by atoms with Crippen LogP contribution in [0.5, 0.6) is 5.75 Å². The van der Waals surface area contributed by atoms with Crippen molar-refractivity contribution in [2.45, 2.75) is 13.8 Å². The van der Waals surface area contributed by atoms with Gasteiger partial charge in [-0.3, -0.25) is 0 Å². The highest BCUT2D eigenvalue weighted by atomic mass is 16.3. The second-order valence-corrected chi connectivity index (χ2v) is 4.04. The number of phenolic OH excluding ortho intramolecular Hbond substituents is 1. The van der Waals surface area contributed by atoms with Crippen molar-refractivity contribution in [1.29, 1.82) is 0 Å². The molecule has 0 heterocycles. The lowest BCUT2D eigenvalue weighted by Gasteiger charge is -2.10. The minimum absolute atomic E-state index is 0.139. The molecule has 0 spiro atoms. The fourth-order valence-electron chi connectivity index (χ4n) is 1.97. The fraction of sp³-hybridized carbons (Fsp3) is 0.143. The summed E-state index contributed by atoms with van der Waals surface area (Å²) < 4.78 is 0. The van der Waals surface area contributed by atoms with E-state index in [0.29, 0.717) is 5.69 Å². The molecule has 0 aliphatic heterocycles. The maximum atomic E-state index is 9.62. The number of nitrogens with two attached hydrogens (primary N) is 1. The van der Waals surface area contributed by atoms with Crippen LogP contribution >= 0.6 is 0 Å². The third-order valence-corrected chi connectivity index (χ3v) is 2.80. The zero-order valence-corrected chi connectivity index (χ0v) is 9.49. The van der Waals surface area contributed by atoms with E-state index in [9.17, 15) is 5.11 Å². The van der Waals surface area contributed by atoms with E-state index in [1.165, 1.54) is 11.1 Å². The SMILES string of the molecule is Cc1cccc(C)c1-c1ccc(N)c(O)c1. The van der Waals surface area contributed by atoms with E-state index in [1.807, 2.05) is 12.1 Å². The lowest BCUT2D eigenvalue weighted by Crippen LogP contribution is -1.90.